The maximum Gasteiger partial charge on any atom is 0.326 e. The minimum atomic E-state index is -1.18. The Morgan fingerprint density at radius 3 is 1.20 bits per heavy atom. The number of hydrogen-bond donors (Lipinski definition) is 4. The summed E-state index contributed by atoms with van der Waals surface area (Å²) in [4.78, 5) is 46.4. The van der Waals surface area contributed by atoms with Gasteiger partial charge in [-0.15, -0.1) is 0 Å². The van der Waals surface area contributed by atoms with E-state index in [1.54, 1.807) is 41.5 Å². The van der Waals surface area contributed by atoms with E-state index >= 15 is 0 Å². The Balaban J connectivity index is 4.72. The highest BCUT2D eigenvalue weighted by atomic mass is 16.4. The molecule has 0 aromatic carbocycles. The predicted octanol–water partition coefficient (Wildman–Crippen LogP) is 1.39. The van der Waals surface area contributed by atoms with Gasteiger partial charge in [-0.2, -0.15) is 0 Å². The van der Waals surface area contributed by atoms with Gasteiger partial charge in [-0.3, -0.25) is 9.59 Å². The second kappa shape index (κ2) is 8.82. The number of amides is 2. The molecular formula is C17H30N2O6. The first-order chi connectivity index (χ1) is 11.2. The summed E-state index contributed by atoms with van der Waals surface area (Å²) in [5.74, 6) is -3.14. The van der Waals surface area contributed by atoms with Crippen LogP contribution < -0.4 is 10.6 Å². The van der Waals surface area contributed by atoms with E-state index in [4.69, 9.17) is 0 Å². The Labute approximate surface area is 148 Å². The first-order valence-corrected chi connectivity index (χ1v) is 8.23. The molecule has 0 radical (unpaired) electrons. The SMILES string of the molecule is CC(C)(C)C(=O)NC(CCCC(NC(=O)C(C)(C)C)C(=O)O)C(=O)O. The van der Waals surface area contributed by atoms with Crippen LogP contribution >= 0.6 is 0 Å². The standard InChI is InChI=1S/C17H30N2O6/c1-16(2,3)14(24)18-10(12(20)21)8-7-9-11(13(22)23)19-15(25)17(4,5)6/h10-11H,7-9H2,1-6H3,(H,18,24)(H,19,25)(H,20,21)(H,22,23). The fraction of sp³-hybridized carbons (Fsp3) is 0.765. The van der Waals surface area contributed by atoms with Crippen LogP contribution in [-0.4, -0.2) is 46.0 Å². The molecule has 0 aliphatic carbocycles. The molecule has 0 fully saturated rings. The third-order valence-corrected chi connectivity index (χ3v) is 3.55. The summed E-state index contributed by atoms with van der Waals surface area (Å²) in [5.41, 5.74) is -1.45. The van der Waals surface area contributed by atoms with E-state index in [9.17, 15) is 29.4 Å². The molecule has 8 heteroatoms. The second-order valence-corrected chi connectivity index (χ2v) is 8.16. The number of aliphatic carboxylic acids is 2. The number of carbonyl (C=O) groups excluding carboxylic acids is 2. The first-order valence-electron chi connectivity index (χ1n) is 8.23. The molecule has 0 aromatic rings. The van der Waals surface area contributed by atoms with Crippen molar-refractivity contribution in [1.29, 1.82) is 0 Å². The number of nitrogens with one attached hydrogen (secondary N) is 2. The van der Waals surface area contributed by atoms with Crippen molar-refractivity contribution in [2.24, 2.45) is 10.8 Å². The summed E-state index contributed by atoms with van der Waals surface area (Å²) >= 11 is 0. The Hall–Kier alpha value is -2.12. The Bertz CT molecular complexity index is 470. The van der Waals surface area contributed by atoms with Crippen molar-refractivity contribution in [3.05, 3.63) is 0 Å². The van der Waals surface area contributed by atoms with Gasteiger partial charge < -0.3 is 20.8 Å². The Morgan fingerprint density at radius 2 is 1.00 bits per heavy atom. The molecule has 0 saturated carbocycles. The number of carboxylic acid groups (broad SMARTS) is 2. The molecule has 0 aliphatic heterocycles. The molecule has 0 rings (SSSR count). The van der Waals surface area contributed by atoms with Crippen LogP contribution in [0.4, 0.5) is 0 Å². The maximum atomic E-state index is 11.9. The Kier molecular flexibility index (Phi) is 8.08. The average molecular weight is 358 g/mol. The molecular weight excluding hydrogens is 328 g/mol. The zero-order valence-electron chi connectivity index (χ0n) is 15.8. The van der Waals surface area contributed by atoms with Gasteiger partial charge in [0.1, 0.15) is 12.1 Å². The topological polar surface area (TPSA) is 133 Å². The molecule has 0 spiro atoms. The van der Waals surface area contributed by atoms with Gasteiger partial charge in [-0.25, -0.2) is 9.59 Å². The average Bonchev–Trinajstić information content (AvgIpc) is 2.41. The molecule has 2 amide bonds. The minimum Gasteiger partial charge on any atom is -0.480 e. The van der Waals surface area contributed by atoms with Gasteiger partial charge in [-0.1, -0.05) is 41.5 Å². The lowest BCUT2D eigenvalue weighted by atomic mass is 9.94. The summed E-state index contributed by atoms with van der Waals surface area (Å²) in [6.07, 6.45) is 0.376. The molecule has 4 N–H and O–H groups in total. The summed E-state index contributed by atoms with van der Waals surface area (Å²) in [6, 6.07) is -2.20. The van der Waals surface area contributed by atoms with Crippen molar-refractivity contribution in [2.75, 3.05) is 0 Å². The van der Waals surface area contributed by atoms with Gasteiger partial charge in [0.15, 0.2) is 0 Å². The quantitative estimate of drug-likeness (QED) is 0.518. The highest BCUT2D eigenvalue weighted by Gasteiger charge is 2.29. The zero-order valence-corrected chi connectivity index (χ0v) is 15.8. The fourth-order valence-electron chi connectivity index (χ4n) is 1.79. The van der Waals surface area contributed by atoms with Crippen molar-refractivity contribution in [2.45, 2.75) is 72.9 Å². The Morgan fingerprint density at radius 1 is 0.720 bits per heavy atom. The molecule has 8 nitrogen and oxygen atoms in total. The highest BCUT2D eigenvalue weighted by molar-refractivity contribution is 5.87. The van der Waals surface area contributed by atoms with Crippen LogP contribution in [0.1, 0.15) is 60.8 Å². The van der Waals surface area contributed by atoms with E-state index in [1.807, 2.05) is 0 Å². The lowest BCUT2D eigenvalue weighted by molar-refractivity contribution is -0.144. The van der Waals surface area contributed by atoms with Crippen LogP contribution in [0.2, 0.25) is 0 Å². The van der Waals surface area contributed by atoms with E-state index in [0.29, 0.717) is 0 Å². The number of rotatable bonds is 8. The molecule has 0 heterocycles. The van der Waals surface area contributed by atoms with Crippen molar-refractivity contribution in [3.63, 3.8) is 0 Å². The zero-order chi connectivity index (χ0) is 20.0. The summed E-state index contributed by atoms with van der Waals surface area (Å²) in [6.45, 7) is 10.0. The highest BCUT2D eigenvalue weighted by Crippen LogP contribution is 2.16. The van der Waals surface area contributed by atoms with Crippen LogP contribution in [0.25, 0.3) is 0 Å². The van der Waals surface area contributed by atoms with Crippen LogP contribution in [0.3, 0.4) is 0 Å². The van der Waals surface area contributed by atoms with Gasteiger partial charge >= 0.3 is 11.9 Å². The van der Waals surface area contributed by atoms with E-state index in [2.05, 4.69) is 10.6 Å². The largest absolute Gasteiger partial charge is 0.480 e. The fourth-order valence-corrected chi connectivity index (χ4v) is 1.79. The number of carbonyl (C=O) groups is 4. The van der Waals surface area contributed by atoms with E-state index in [-0.39, 0.29) is 19.3 Å². The molecule has 144 valence electrons. The van der Waals surface area contributed by atoms with Gasteiger partial charge in [0, 0.05) is 10.8 Å². The first kappa shape index (κ1) is 22.9. The normalized spacial score (nSPS) is 14.3. The second-order valence-electron chi connectivity index (χ2n) is 8.16. The van der Waals surface area contributed by atoms with Crippen LogP contribution in [-0.2, 0) is 19.2 Å². The van der Waals surface area contributed by atoms with E-state index < -0.39 is 46.7 Å². The number of carboxylic acids is 2. The van der Waals surface area contributed by atoms with Gasteiger partial charge in [-0.05, 0) is 19.3 Å². The lowest BCUT2D eigenvalue weighted by Crippen LogP contribution is -2.47. The third-order valence-electron chi connectivity index (χ3n) is 3.55. The molecule has 0 aliphatic rings. The van der Waals surface area contributed by atoms with Gasteiger partial charge in [0.25, 0.3) is 0 Å². The maximum absolute atomic E-state index is 11.9. The molecule has 0 saturated heterocycles. The van der Waals surface area contributed by atoms with Gasteiger partial charge in [0.2, 0.25) is 11.8 Å². The van der Waals surface area contributed by atoms with Crippen LogP contribution in [0, 0.1) is 10.8 Å². The molecule has 2 atom stereocenters. The summed E-state index contributed by atoms with van der Waals surface area (Å²) < 4.78 is 0. The minimum absolute atomic E-state index is 0.0757. The van der Waals surface area contributed by atoms with E-state index in [0.717, 1.165) is 0 Å². The predicted molar refractivity (Wildman–Crippen MR) is 91.9 cm³/mol. The van der Waals surface area contributed by atoms with Crippen molar-refractivity contribution >= 4 is 23.8 Å². The van der Waals surface area contributed by atoms with Gasteiger partial charge in [0.05, 0.1) is 0 Å². The van der Waals surface area contributed by atoms with Crippen molar-refractivity contribution < 1.29 is 29.4 Å². The molecule has 25 heavy (non-hydrogen) atoms. The molecule has 0 aromatic heterocycles. The number of hydrogen-bond acceptors (Lipinski definition) is 4. The van der Waals surface area contributed by atoms with Crippen molar-refractivity contribution in [1.82, 2.24) is 10.6 Å². The molecule has 2 unspecified atom stereocenters. The van der Waals surface area contributed by atoms with Crippen molar-refractivity contribution in [3.8, 4) is 0 Å². The summed E-state index contributed by atoms with van der Waals surface area (Å²) in [5, 5.41) is 23.3. The lowest BCUT2D eigenvalue weighted by Gasteiger charge is -2.23. The third kappa shape index (κ3) is 8.51. The van der Waals surface area contributed by atoms with Crippen LogP contribution in [0.15, 0.2) is 0 Å². The molecule has 0 bridgehead atoms. The summed E-state index contributed by atoms with van der Waals surface area (Å²) in [7, 11) is 0. The van der Waals surface area contributed by atoms with E-state index in [1.165, 1.54) is 0 Å². The monoisotopic (exact) mass is 358 g/mol. The smallest absolute Gasteiger partial charge is 0.326 e. The van der Waals surface area contributed by atoms with Crippen LogP contribution in [0.5, 0.6) is 0 Å².